The van der Waals surface area contributed by atoms with Gasteiger partial charge in [-0.1, -0.05) is 111 Å². The van der Waals surface area contributed by atoms with Gasteiger partial charge in [-0.05, 0) is 133 Å². The molecule has 4 aromatic rings. The van der Waals surface area contributed by atoms with Crippen LogP contribution in [-0.4, -0.2) is 0 Å². The van der Waals surface area contributed by atoms with E-state index in [1.54, 1.807) is 0 Å². The number of allylic oxidation sites excluding steroid dienone is 10. The summed E-state index contributed by atoms with van der Waals surface area (Å²) in [5.74, 6) is 0. The van der Waals surface area contributed by atoms with E-state index in [0.29, 0.717) is 0 Å². The first-order valence-corrected chi connectivity index (χ1v) is 14.6. The van der Waals surface area contributed by atoms with Crippen LogP contribution in [0.3, 0.4) is 0 Å². The number of benzene rings is 4. The minimum Gasteiger partial charge on any atom is -0.0912 e. The Morgan fingerprint density at radius 2 is 1.61 bits per heavy atom. The minimum atomic E-state index is 0.946. The number of fused-ring (bicyclic) bond motifs is 7. The second kappa shape index (κ2) is 11.4. The maximum absolute atomic E-state index is 4.54. The summed E-state index contributed by atoms with van der Waals surface area (Å²) in [5.41, 5.74) is 12.7. The molecule has 0 heteroatoms. The lowest BCUT2D eigenvalue weighted by Crippen LogP contribution is -2.21. The molecule has 200 valence electrons. The largest absolute Gasteiger partial charge is 0.0912 e. The highest BCUT2D eigenvalue weighted by Crippen LogP contribution is 2.45. The van der Waals surface area contributed by atoms with Crippen LogP contribution in [0.4, 0.5) is 0 Å². The van der Waals surface area contributed by atoms with Crippen LogP contribution in [0.5, 0.6) is 0 Å². The van der Waals surface area contributed by atoms with E-state index in [2.05, 4.69) is 136 Å². The lowest BCUT2D eigenvalue weighted by Gasteiger charge is -2.15. The van der Waals surface area contributed by atoms with Crippen molar-refractivity contribution < 1.29 is 0 Å². The average Bonchev–Trinajstić information content (AvgIpc) is 3.30. The third-order valence-electron chi connectivity index (χ3n) is 8.22. The molecule has 2 bridgehead atoms. The molecule has 6 rings (SSSR count). The maximum Gasteiger partial charge on any atom is -0.00132 e. The van der Waals surface area contributed by atoms with Crippen molar-refractivity contribution >= 4 is 51.8 Å². The molecule has 0 spiro atoms. The Morgan fingerprint density at radius 1 is 0.878 bits per heavy atom. The van der Waals surface area contributed by atoms with Crippen molar-refractivity contribution in [3.8, 4) is 0 Å². The molecule has 41 heavy (non-hydrogen) atoms. The zero-order valence-corrected chi connectivity index (χ0v) is 24.1. The fraction of sp³-hybridized carbons (Fsp3) is 0.122. The van der Waals surface area contributed by atoms with Crippen LogP contribution in [0.2, 0.25) is 0 Å². The van der Waals surface area contributed by atoms with E-state index in [0.717, 1.165) is 40.8 Å². The second-order valence-corrected chi connectivity index (χ2v) is 11.1. The fourth-order valence-electron chi connectivity index (χ4n) is 5.95. The van der Waals surface area contributed by atoms with Crippen molar-refractivity contribution in [2.24, 2.45) is 0 Å². The zero-order chi connectivity index (χ0) is 28.3. The third kappa shape index (κ3) is 5.39. The van der Waals surface area contributed by atoms with Crippen molar-refractivity contribution in [3.63, 3.8) is 0 Å². The molecular weight excluding hydrogens is 492 g/mol. The Bertz CT molecular complexity index is 1950. The maximum atomic E-state index is 4.54. The van der Waals surface area contributed by atoms with Crippen molar-refractivity contribution in [1.29, 1.82) is 0 Å². The van der Waals surface area contributed by atoms with E-state index in [4.69, 9.17) is 0 Å². The summed E-state index contributed by atoms with van der Waals surface area (Å²) in [5, 5.41) is 4.60. The molecule has 2 aliphatic carbocycles. The molecule has 0 saturated carbocycles. The van der Waals surface area contributed by atoms with Crippen molar-refractivity contribution in [2.45, 2.75) is 33.1 Å². The number of hydrogen-bond donors (Lipinski definition) is 0. The highest BCUT2D eigenvalue weighted by atomic mass is 14.3. The Hall–Kier alpha value is -4.68. The predicted molar refractivity (Wildman–Crippen MR) is 181 cm³/mol. The van der Waals surface area contributed by atoms with E-state index < -0.39 is 0 Å². The van der Waals surface area contributed by atoms with Gasteiger partial charge in [0.25, 0.3) is 0 Å². The SMILES string of the molecule is C=C(/C=c1/ccccc1=C)c1cc2cc3c(cc2cc1/C(C)=C/C=C\CC)/C1=C/c2ccccc2C/C=C\C=C\3C1. The second-order valence-electron chi connectivity index (χ2n) is 11.1. The molecule has 0 radical (unpaired) electrons. The van der Waals surface area contributed by atoms with Gasteiger partial charge in [0, 0.05) is 0 Å². The van der Waals surface area contributed by atoms with Gasteiger partial charge in [-0.3, -0.25) is 0 Å². The summed E-state index contributed by atoms with van der Waals surface area (Å²) in [6.07, 6.45) is 20.9. The first-order chi connectivity index (χ1) is 20.0. The summed E-state index contributed by atoms with van der Waals surface area (Å²) in [4.78, 5) is 0. The summed E-state index contributed by atoms with van der Waals surface area (Å²) in [6, 6.07) is 26.5. The van der Waals surface area contributed by atoms with Gasteiger partial charge in [0.2, 0.25) is 0 Å². The van der Waals surface area contributed by atoms with Crippen molar-refractivity contribution in [3.05, 3.63) is 160 Å². The molecule has 0 aliphatic heterocycles. The molecule has 0 aromatic heterocycles. The number of hydrogen-bond acceptors (Lipinski definition) is 0. The van der Waals surface area contributed by atoms with Gasteiger partial charge < -0.3 is 0 Å². The van der Waals surface area contributed by atoms with Crippen LogP contribution in [-0.2, 0) is 6.42 Å². The van der Waals surface area contributed by atoms with Gasteiger partial charge >= 0.3 is 0 Å². The summed E-state index contributed by atoms with van der Waals surface area (Å²) >= 11 is 0. The van der Waals surface area contributed by atoms with Crippen molar-refractivity contribution in [2.75, 3.05) is 0 Å². The summed E-state index contributed by atoms with van der Waals surface area (Å²) in [6.45, 7) is 13.1. The standard InChI is InChI=1S/C41H36/c1-5-6-7-15-29(3)38-24-35-27-41-37-22-33-19-12-10-16-31(33)17-11-13-20-34(23-37)40(41)26-36(35)25-39(38)30(4)21-32-18-9-8-14-28(32)2/h6-16,18-22,24-27H,2,4-5,17,23H2,1,3H3/b7-6-,13-11-,29-15+,32-21-,34-20+,37-22+. The van der Waals surface area contributed by atoms with Gasteiger partial charge in [0.05, 0.1) is 0 Å². The molecule has 0 N–H and O–H groups in total. The van der Waals surface area contributed by atoms with Gasteiger partial charge in [0.1, 0.15) is 0 Å². The minimum absolute atomic E-state index is 0.946. The highest BCUT2D eigenvalue weighted by molar-refractivity contribution is 6.05. The molecular formula is C41H36. The van der Waals surface area contributed by atoms with Gasteiger partial charge in [0.15, 0.2) is 0 Å². The predicted octanol–water partition coefficient (Wildman–Crippen LogP) is 9.55. The van der Waals surface area contributed by atoms with E-state index in [9.17, 15) is 0 Å². The smallest absolute Gasteiger partial charge is 0.00132 e. The Labute approximate surface area is 244 Å². The van der Waals surface area contributed by atoms with Crippen LogP contribution in [0.1, 0.15) is 60.1 Å². The van der Waals surface area contributed by atoms with Gasteiger partial charge in [-0.15, -0.1) is 0 Å². The Balaban J connectivity index is 1.57. The number of rotatable bonds is 5. The van der Waals surface area contributed by atoms with Gasteiger partial charge in [-0.25, -0.2) is 0 Å². The summed E-state index contributed by atoms with van der Waals surface area (Å²) in [7, 11) is 0. The first kappa shape index (κ1) is 26.5. The van der Waals surface area contributed by atoms with Crippen LogP contribution in [0.25, 0.3) is 51.8 Å². The molecule has 0 heterocycles. The van der Waals surface area contributed by atoms with Crippen LogP contribution in [0.15, 0.2) is 116 Å². The Morgan fingerprint density at radius 3 is 2.41 bits per heavy atom. The van der Waals surface area contributed by atoms with Crippen LogP contribution < -0.4 is 10.4 Å². The molecule has 0 fully saturated rings. The van der Waals surface area contributed by atoms with Crippen LogP contribution >= 0.6 is 0 Å². The molecule has 0 atom stereocenters. The van der Waals surface area contributed by atoms with E-state index in [-0.39, 0.29) is 0 Å². The quantitative estimate of drug-likeness (QED) is 0.226. The monoisotopic (exact) mass is 528 g/mol. The topological polar surface area (TPSA) is 0 Å². The zero-order valence-electron chi connectivity index (χ0n) is 24.1. The first-order valence-electron chi connectivity index (χ1n) is 14.6. The fourth-order valence-corrected chi connectivity index (χ4v) is 5.95. The van der Waals surface area contributed by atoms with E-state index in [1.807, 2.05) is 12.1 Å². The summed E-state index contributed by atoms with van der Waals surface area (Å²) < 4.78 is 0. The molecule has 0 unspecified atom stereocenters. The van der Waals surface area contributed by atoms with Crippen molar-refractivity contribution in [1.82, 2.24) is 0 Å². The van der Waals surface area contributed by atoms with Gasteiger partial charge in [-0.2, -0.15) is 0 Å². The Kier molecular flexibility index (Phi) is 7.40. The third-order valence-corrected chi connectivity index (χ3v) is 8.22. The highest BCUT2D eigenvalue weighted by Gasteiger charge is 2.23. The van der Waals surface area contributed by atoms with Crippen LogP contribution in [0, 0.1) is 0 Å². The molecule has 0 amide bonds. The van der Waals surface area contributed by atoms with E-state index in [1.165, 1.54) is 55.3 Å². The molecule has 0 saturated heterocycles. The molecule has 0 nitrogen and oxygen atoms in total. The molecule has 2 aliphatic rings. The lowest BCUT2D eigenvalue weighted by molar-refractivity contribution is 1.22. The average molecular weight is 529 g/mol. The lowest BCUT2D eigenvalue weighted by atomic mass is 9.89. The molecule has 4 aromatic carbocycles. The van der Waals surface area contributed by atoms with E-state index >= 15 is 0 Å². The normalized spacial score (nSPS) is 18.4.